The van der Waals surface area contributed by atoms with Gasteiger partial charge in [0, 0.05) is 31.5 Å². The van der Waals surface area contributed by atoms with E-state index >= 15 is 0 Å². The van der Waals surface area contributed by atoms with Crippen LogP contribution in [0.15, 0.2) is 78.9 Å². The number of amides is 2. The Morgan fingerprint density at radius 1 is 0.952 bits per heavy atom. The van der Waals surface area contributed by atoms with Crippen LogP contribution in [0.25, 0.3) is 0 Å². The first-order valence-corrected chi connectivity index (χ1v) is 15.6. The third-order valence-electron chi connectivity index (χ3n) is 6.53. The number of methoxy groups -OCH3 is 1. The lowest BCUT2D eigenvalue weighted by Crippen LogP contribution is -2.54. The fraction of sp³-hybridized carbons (Fsp3) is 0.375. The number of para-hydroxylation sites is 1. The van der Waals surface area contributed by atoms with Crippen molar-refractivity contribution >= 4 is 27.5 Å². The lowest BCUT2D eigenvalue weighted by Gasteiger charge is -2.34. The van der Waals surface area contributed by atoms with Gasteiger partial charge in [-0.25, -0.2) is 12.8 Å². The minimum absolute atomic E-state index is 0.0570. The summed E-state index contributed by atoms with van der Waals surface area (Å²) in [5, 5.41) is 3.02. The maximum atomic E-state index is 14.5. The highest BCUT2D eigenvalue weighted by Gasteiger charge is 2.32. The Morgan fingerprint density at radius 3 is 2.21 bits per heavy atom. The number of hydrogen-bond donors (Lipinski definition) is 1. The number of nitrogens with one attached hydrogen (secondary N) is 1. The number of sulfonamides is 1. The van der Waals surface area contributed by atoms with E-state index in [-0.39, 0.29) is 49.9 Å². The van der Waals surface area contributed by atoms with Gasteiger partial charge in [-0.15, -0.1) is 0 Å². The molecule has 0 saturated carbocycles. The molecule has 0 fully saturated rings. The molecule has 3 rings (SSSR count). The summed E-state index contributed by atoms with van der Waals surface area (Å²) in [7, 11) is -2.26. The van der Waals surface area contributed by atoms with Gasteiger partial charge in [0.05, 0.1) is 19.1 Å². The van der Waals surface area contributed by atoms with Crippen LogP contribution in [0, 0.1) is 5.82 Å². The van der Waals surface area contributed by atoms with E-state index in [9.17, 15) is 22.4 Å². The molecular weight excluding hydrogens is 557 g/mol. The summed E-state index contributed by atoms with van der Waals surface area (Å²) in [4.78, 5) is 29.1. The van der Waals surface area contributed by atoms with Crippen LogP contribution in [-0.2, 0) is 32.6 Å². The summed E-state index contributed by atoms with van der Waals surface area (Å²) in [6.45, 7) is 5.66. The standard InChI is InChI=1S/C32H40FN3O5S/c1-32(2,3)34-31(38)29(22-24-13-7-6-8-14-24)35(23-25-15-11-16-26(21-25)41-4)30(37)19-12-20-36(42(5,39)40)28-18-10-9-17-27(28)33/h6-11,13-18,21,29H,12,19-20,22-23H2,1-5H3,(H,34,38)/t29-/m1/s1. The maximum absolute atomic E-state index is 14.5. The smallest absolute Gasteiger partial charge is 0.243 e. The van der Waals surface area contributed by atoms with Crippen molar-refractivity contribution in [2.75, 3.05) is 24.2 Å². The van der Waals surface area contributed by atoms with E-state index in [1.54, 1.807) is 19.2 Å². The van der Waals surface area contributed by atoms with Crippen molar-refractivity contribution in [3.8, 4) is 5.75 Å². The number of nitrogens with zero attached hydrogens (tertiary/aromatic N) is 2. The summed E-state index contributed by atoms with van der Waals surface area (Å²) in [5.74, 6) is -0.681. The zero-order valence-electron chi connectivity index (χ0n) is 24.8. The number of carbonyl (C=O) groups is 2. The average molecular weight is 598 g/mol. The predicted octanol–water partition coefficient (Wildman–Crippen LogP) is 4.94. The molecular formula is C32H40FN3O5S. The van der Waals surface area contributed by atoms with Gasteiger partial charge >= 0.3 is 0 Å². The van der Waals surface area contributed by atoms with Gasteiger partial charge in [-0.3, -0.25) is 13.9 Å². The molecule has 226 valence electrons. The van der Waals surface area contributed by atoms with E-state index < -0.39 is 27.4 Å². The fourth-order valence-corrected chi connectivity index (χ4v) is 5.58. The molecule has 0 heterocycles. The minimum Gasteiger partial charge on any atom is -0.497 e. The van der Waals surface area contributed by atoms with E-state index in [0.717, 1.165) is 21.7 Å². The predicted molar refractivity (Wildman–Crippen MR) is 163 cm³/mol. The molecule has 0 unspecified atom stereocenters. The van der Waals surface area contributed by atoms with Gasteiger partial charge in [-0.1, -0.05) is 54.6 Å². The van der Waals surface area contributed by atoms with Crippen LogP contribution >= 0.6 is 0 Å². The first kappa shape index (κ1) is 32.6. The lowest BCUT2D eigenvalue weighted by molar-refractivity contribution is -0.142. The minimum atomic E-state index is -3.82. The Morgan fingerprint density at radius 2 is 1.60 bits per heavy atom. The van der Waals surface area contributed by atoms with Gasteiger partial charge < -0.3 is 15.0 Å². The molecule has 0 aromatic heterocycles. The third-order valence-corrected chi connectivity index (χ3v) is 7.71. The SMILES string of the molecule is COc1cccc(CN(C(=O)CCCN(c2ccccc2F)S(C)(=O)=O)[C@H](Cc2ccccc2)C(=O)NC(C)(C)C)c1. The Bertz CT molecular complexity index is 1460. The zero-order chi connectivity index (χ0) is 30.9. The van der Waals surface area contributed by atoms with E-state index in [4.69, 9.17) is 4.74 Å². The number of carbonyl (C=O) groups excluding carboxylic acids is 2. The molecule has 8 nitrogen and oxygen atoms in total. The van der Waals surface area contributed by atoms with Crippen molar-refractivity contribution in [2.45, 2.75) is 58.2 Å². The van der Waals surface area contributed by atoms with Gasteiger partial charge in [0.25, 0.3) is 0 Å². The lowest BCUT2D eigenvalue weighted by atomic mass is 10.00. The summed E-state index contributed by atoms with van der Waals surface area (Å²) in [6, 6.07) is 21.5. The number of halogens is 1. The van der Waals surface area contributed by atoms with E-state index in [1.165, 1.54) is 23.1 Å². The Labute approximate surface area is 248 Å². The Kier molecular flexibility index (Phi) is 11.1. The van der Waals surface area contributed by atoms with Crippen LogP contribution in [-0.4, -0.2) is 56.6 Å². The topological polar surface area (TPSA) is 96.0 Å². The van der Waals surface area contributed by atoms with Crippen molar-refractivity contribution in [2.24, 2.45) is 0 Å². The molecule has 10 heteroatoms. The molecule has 0 aliphatic carbocycles. The monoisotopic (exact) mass is 597 g/mol. The second-order valence-corrected chi connectivity index (χ2v) is 13.1. The van der Waals surface area contributed by atoms with Gasteiger partial charge in [-0.05, 0) is 62.6 Å². The van der Waals surface area contributed by atoms with Crippen molar-refractivity contribution in [1.82, 2.24) is 10.2 Å². The van der Waals surface area contributed by atoms with Crippen molar-refractivity contribution < 1.29 is 27.1 Å². The highest BCUT2D eigenvalue weighted by atomic mass is 32.2. The normalized spacial score (nSPS) is 12.3. The zero-order valence-corrected chi connectivity index (χ0v) is 25.7. The first-order valence-electron chi connectivity index (χ1n) is 13.8. The van der Waals surface area contributed by atoms with E-state index in [1.807, 2.05) is 69.3 Å². The number of ether oxygens (including phenoxy) is 1. The van der Waals surface area contributed by atoms with Crippen LogP contribution in [0.1, 0.15) is 44.7 Å². The molecule has 0 radical (unpaired) electrons. The molecule has 3 aromatic rings. The largest absolute Gasteiger partial charge is 0.497 e. The van der Waals surface area contributed by atoms with Crippen LogP contribution in [0.4, 0.5) is 10.1 Å². The summed E-state index contributed by atoms with van der Waals surface area (Å²) >= 11 is 0. The van der Waals surface area contributed by atoms with Crippen LogP contribution in [0.2, 0.25) is 0 Å². The third kappa shape index (κ3) is 9.58. The second-order valence-electron chi connectivity index (χ2n) is 11.2. The van der Waals surface area contributed by atoms with E-state index in [0.29, 0.717) is 5.75 Å². The van der Waals surface area contributed by atoms with Gasteiger partial charge in [0.15, 0.2) is 0 Å². The average Bonchev–Trinajstić information content (AvgIpc) is 2.92. The highest BCUT2D eigenvalue weighted by molar-refractivity contribution is 7.92. The molecule has 1 N–H and O–H groups in total. The molecule has 0 saturated heterocycles. The second kappa shape index (κ2) is 14.3. The molecule has 0 spiro atoms. The Hall–Kier alpha value is -3.92. The maximum Gasteiger partial charge on any atom is 0.243 e. The molecule has 0 aliphatic heterocycles. The number of anilines is 1. The molecule has 2 amide bonds. The number of rotatable bonds is 13. The fourth-order valence-electron chi connectivity index (χ4n) is 4.61. The van der Waals surface area contributed by atoms with Crippen LogP contribution in [0.3, 0.4) is 0 Å². The highest BCUT2D eigenvalue weighted by Crippen LogP contribution is 2.23. The van der Waals surface area contributed by atoms with Crippen LogP contribution < -0.4 is 14.4 Å². The molecule has 0 bridgehead atoms. The van der Waals surface area contributed by atoms with Crippen molar-refractivity contribution in [3.05, 3.63) is 95.8 Å². The van der Waals surface area contributed by atoms with Crippen molar-refractivity contribution in [1.29, 1.82) is 0 Å². The molecule has 3 aromatic carbocycles. The number of benzene rings is 3. The van der Waals surface area contributed by atoms with Crippen LogP contribution in [0.5, 0.6) is 5.75 Å². The molecule has 0 aliphatic rings. The van der Waals surface area contributed by atoms with Crippen molar-refractivity contribution in [3.63, 3.8) is 0 Å². The first-order chi connectivity index (χ1) is 19.8. The summed E-state index contributed by atoms with van der Waals surface area (Å²) < 4.78 is 45.9. The van der Waals surface area contributed by atoms with Gasteiger partial charge in [-0.2, -0.15) is 0 Å². The molecule has 1 atom stereocenters. The summed E-state index contributed by atoms with van der Waals surface area (Å²) in [6.07, 6.45) is 1.35. The Balaban J connectivity index is 1.93. The van der Waals surface area contributed by atoms with E-state index in [2.05, 4.69) is 5.32 Å². The van der Waals surface area contributed by atoms with Gasteiger partial charge in [0.2, 0.25) is 21.8 Å². The van der Waals surface area contributed by atoms with Gasteiger partial charge in [0.1, 0.15) is 17.6 Å². The number of hydrogen-bond acceptors (Lipinski definition) is 5. The molecule has 42 heavy (non-hydrogen) atoms. The quantitative estimate of drug-likeness (QED) is 0.301. The summed E-state index contributed by atoms with van der Waals surface area (Å²) in [5.41, 5.74) is 1.05.